The van der Waals surface area contributed by atoms with E-state index in [-0.39, 0.29) is 17.7 Å². The van der Waals surface area contributed by atoms with Crippen molar-refractivity contribution in [3.8, 4) is 11.5 Å². The SMILES string of the molecule is CC(CC(=O)O)c1c(O)ccc(O)c1F. The first-order valence-electron chi connectivity index (χ1n) is 4.35. The molecule has 1 rings (SSSR count). The van der Waals surface area contributed by atoms with Gasteiger partial charge >= 0.3 is 5.97 Å². The molecule has 0 aliphatic rings. The zero-order valence-electron chi connectivity index (χ0n) is 8.07. The summed E-state index contributed by atoms with van der Waals surface area (Å²) < 4.78 is 13.4. The molecule has 0 bridgehead atoms. The molecule has 1 aromatic carbocycles. The molecular weight excluding hydrogens is 203 g/mol. The average Bonchev–Trinajstić information content (AvgIpc) is 2.11. The summed E-state index contributed by atoms with van der Waals surface area (Å²) in [7, 11) is 0. The fraction of sp³-hybridized carbons (Fsp3) is 0.300. The van der Waals surface area contributed by atoms with Gasteiger partial charge in [-0.15, -0.1) is 0 Å². The van der Waals surface area contributed by atoms with Gasteiger partial charge in [0.2, 0.25) is 0 Å². The van der Waals surface area contributed by atoms with Crippen molar-refractivity contribution in [2.45, 2.75) is 19.3 Å². The number of rotatable bonds is 3. The molecule has 0 aromatic heterocycles. The molecule has 0 amide bonds. The van der Waals surface area contributed by atoms with Gasteiger partial charge in [-0.25, -0.2) is 4.39 Å². The van der Waals surface area contributed by atoms with Crippen molar-refractivity contribution >= 4 is 5.97 Å². The van der Waals surface area contributed by atoms with Gasteiger partial charge < -0.3 is 15.3 Å². The molecule has 0 saturated carbocycles. The second kappa shape index (κ2) is 4.16. The summed E-state index contributed by atoms with van der Waals surface area (Å²) in [5.74, 6) is -3.71. The first kappa shape index (κ1) is 11.3. The Labute approximate surface area is 85.6 Å². The van der Waals surface area contributed by atoms with Crippen LogP contribution in [0.4, 0.5) is 4.39 Å². The molecule has 0 spiro atoms. The van der Waals surface area contributed by atoms with Gasteiger partial charge in [0.25, 0.3) is 0 Å². The summed E-state index contributed by atoms with van der Waals surface area (Å²) in [5, 5.41) is 27.0. The smallest absolute Gasteiger partial charge is 0.303 e. The maximum Gasteiger partial charge on any atom is 0.303 e. The summed E-state index contributed by atoms with van der Waals surface area (Å²) in [6, 6.07) is 2.15. The van der Waals surface area contributed by atoms with E-state index in [1.807, 2.05) is 0 Å². The lowest BCUT2D eigenvalue weighted by Gasteiger charge is -2.12. The van der Waals surface area contributed by atoms with Crippen LogP contribution in [0.2, 0.25) is 0 Å². The molecule has 0 radical (unpaired) electrons. The number of aliphatic carboxylic acids is 1. The zero-order valence-corrected chi connectivity index (χ0v) is 8.07. The summed E-state index contributed by atoms with van der Waals surface area (Å²) in [4.78, 5) is 10.4. The van der Waals surface area contributed by atoms with Gasteiger partial charge in [-0.2, -0.15) is 0 Å². The molecule has 5 heteroatoms. The maximum absolute atomic E-state index is 13.4. The van der Waals surface area contributed by atoms with Gasteiger partial charge in [0.15, 0.2) is 11.6 Å². The maximum atomic E-state index is 13.4. The molecule has 4 nitrogen and oxygen atoms in total. The normalized spacial score (nSPS) is 12.4. The highest BCUT2D eigenvalue weighted by Gasteiger charge is 2.20. The van der Waals surface area contributed by atoms with Crippen LogP contribution in [0.3, 0.4) is 0 Å². The first-order valence-corrected chi connectivity index (χ1v) is 4.35. The predicted octanol–water partition coefficient (Wildman–Crippen LogP) is 1.82. The minimum absolute atomic E-state index is 0.169. The van der Waals surface area contributed by atoms with Crippen LogP contribution in [-0.2, 0) is 4.79 Å². The number of benzene rings is 1. The lowest BCUT2D eigenvalue weighted by atomic mass is 9.96. The Balaban J connectivity index is 3.12. The van der Waals surface area contributed by atoms with Gasteiger partial charge in [-0.05, 0) is 18.1 Å². The summed E-state index contributed by atoms with van der Waals surface area (Å²) in [6.07, 6.45) is -0.312. The van der Waals surface area contributed by atoms with Crippen molar-refractivity contribution in [3.63, 3.8) is 0 Å². The van der Waals surface area contributed by atoms with Gasteiger partial charge in [0, 0.05) is 5.56 Å². The second-order valence-electron chi connectivity index (χ2n) is 3.33. The van der Waals surface area contributed by atoms with Crippen LogP contribution in [0, 0.1) is 5.82 Å². The fourth-order valence-electron chi connectivity index (χ4n) is 1.40. The van der Waals surface area contributed by atoms with E-state index in [0.717, 1.165) is 12.1 Å². The zero-order chi connectivity index (χ0) is 11.6. The van der Waals surface area contributed by atoms with Crippen molar-refractivity contribution in [1.82, 2.24) is 0 Å². The molecule has 3 N–H and O–H groups in total. The number of carbonyl (C=O) groups is 1. The standard InChI is InChI=1S/C10H11FO4/c1-5(4-8(14)15)9-6(12)2-3-7(13)10(9)11/h2-3,5,12-13H,4H2,1H3,(H,14,15). The fourth-order valence-corrected chi connectivity index (χ4v) is 1.40. The molecule has 0 saturated heterocycles. The van der Waals surface area contributed by atoms with Gasteiger partial charge in [0.05, 0.1) is 6.42 Å². The van der Waals surface area contributed by atoms with E-state index in [0.29, 0.717) is 0 Å². The molecule has 1 atom stereocenters. The summed E-state index contributed by atoms with van der Waals surface area (Å²) in [6.45, 7) is 1.46. The van der Waals surface area contributed by atoms with Crippen LogP contribution in [0.15, 0.2) is 12.1 Å². The third-order valence-electron chi connectivity index (χ3n) is 2.11. The van der Waals surface area contributed by atoms with Crippen LogP contribution in [0.5, 0.6) is 11.5 Å². The molecule has 0 aliphatic heterocycles. The predicted molar refractivity (Wildman–Crippen MR) is 50.4 cm³/mol. The van der Waals surface area contributed by atoms with E-state index in [4.69, 9.17) is 10.2 Å². The highest BCUT2D eigenvalue weighted by Crippen LogP contribution is 2.34. The van der Waals surface area contributed by atoms with Crippen LogP contribution >= 0.6 is 0 Å². The second-order valence-corrected chi connectivity index (χ2v) is 3.33. The number of carboxylic acids is 1. The topological polar surface area (TPSA) is 77.8 Å². The Morgan fingerprint density at radius 3 is 2.47 bits per heavy atom. The number of hydrogen-bond acceptors (Lipinski definition) is 3. The molecule has 82 valence electrons. The van der Waals surface area contributed by atoms with E-state index in [1.165, 1.54) is 6.92 Å². The van der Waals surface area contributed by atoms with Crippen LogP contribution in [0.25, 0.3) is 0 Å². The van der Waals surface area contributed by atoms with Crippen molar-refractivity contribution in [3.05, 3.63) is 23.5 Å². The highest BCUT2D eigenvalue weighted by atomic mass is 19.1. The van der Waals surface area contributed by atoms with Crippen molar-refractivity contribution < 1.29 is 24.5 Å². The van der Waals surface area contributed by atoms with E-state index in [9.17, 15) is 14.3 Å². The van der Waals surface area contributed by atoms with Gasteiger partial charge in [-0.3, -0.25) is 4.79 Å². The minimum Gasteiger partial charge on any atom is -0.508 e. The third kappa shape index (κ3) is 2.37. The monoisotopic (exact) mass is 214 g/mol. The number of carboxylic acid groups (broad SMARTS) is 1. The Bertz CT molecular complexity index is 389. The van der Waals surface area contributed by atoms with E-state index < -0.39 is 23.5 Å². The first-order chi connectivity index (χ1) is 6.93. The Morgan fingerprint density at radius 1 is 1.40 bits per heavy atom. The van der Waals surface area contributed by atoms with Crippen molar-refractivity contribution in [2.24, 2.45) is 0 Å². The molecule has 0 fully saturated rings. The molecular formula is C10H11FO4. The number of hydrogen-bond donors (Lipinski definition) is 3. The minimum atomic E-state index is -1.09. The number of phenols is 2. The molecule has 1 unspecified atom stereocenters. The van der Waals surface area contributed by atoms with Crippen LogP contribution < -0.4 is 0 Å². The summed E-state index contributed by atoms with van der Waals surface area (Å²) >= 11 is 0. The van der Waals surface area contributed by atoms with E-state index in [1.54, 1.807) is 0 Å². The largest absolute Gasteiger partial charge is 0.508 e. The molecule has 0 heterocycles. The summed E-state index contributed by atoms with van der Waals surface area (Å²) in [5.41, 5.74) is -0.169. The molecule has 1 aromatic rings. The lowest BCUT2D eigenvalue weighted by Crippen LogP contribution is -2.05. The Hall–Kier alpha value is -1.78. The van der Waals surface area contributed by atoms with Crippen LogP contribution in [-0.4, -0.2) is 21.3 Å². The quantitative estimate of drug-likeness (QED) is 0.670. The lowest BCUT2D eigenvalue weighted by molar-refractivity contribution is -0.137. The number of aromatic hydroxyl groups is 2. The van der Waals surface area contributed by atoms with Gasteiger partial charge in [-0.1, -0.05) is 6.92 Å². The van der Waals surface area contributed by atoms with Crippen molar-refractivity contribution in [1.29, 1.82) is 0 Å². The van der Waals surface area contributed by atoms with E-state index >= 15 is 0 Å². The molecule has 15 heavy (non-hydrogen) atoms. The Morgan fingerprint density at radius 2 is 1.93 bits per heavy atom. The highest BCUT2D eigenvalue weighted by molar-refractivity contribution is 5.68. The van der Waals surface area contributed by atoms with Crippen molar-refractivity contribution in [2.75, 3.05) is 0 Å². The number of halogens is 1. The average molecular weight is 214 g/mol. The van der Waals surface area contributed by atoms with E-state index in [2.05, 4.69) is 0 Å². The third-order valence-corrected chi connectivity index (χ3v) is 2.11. The van der Waals surface area contributed by atoms with Gasteiger partial charge in [0.1, 0.15) is 5.75 Å². The number of phenolic OH excluding ortho intramolecular Hbond substituents is 2. The van der Waals surface area contributed by atoms with Crippen LogP contribution in [0.1, 0.15) is 24.8 Å². The molecule has 0 aliphatic carbocycles. The Kier molecular flexibility index (Phi) is 3.14.